The Morgan fingerprint density at radius 1 is 0.833 bits per heavy atom. The van der Waals surface area contributed by atoms with Crippen molar-refractivity contribution in [2.75, 3.05) is 13.1 Å². The molecule has 0 spiro atoms. The number of ether oxygens (including phenoxy) is 1. The molecule has 0 saturated heterocycles. The van der Waals surface area contributed by atoms with Crippen LogP contribution in [0, 0.1) is 19.7 Å². The third kappa shape index (κ3) is 5.96. The van der Waals surface area contributed by atoms with E-state index in [-0.39, 0.29) is 31.2 Å². The molecular weight excluding hydrogens is 463 g/mol. The molecule has 8 heteroatoms. The summed E-state index contributed by atoms with van der Waals surface area (Å²) in [4.78, 5) is 36.1. The van der Waals surface area contributed by atoms with Crippen LogP contribution < -0.4 is 21.0 Å². The molecule has 0 aliphatic rings. The minimum Gasteiger partial charge on any atom is -0.489 e. The van der Waals surface area contributed by atoms with Gasteiger partial charge in [0.1, 0.15) is 23.8 Å². The van der Waals surface area contributed by atoms with E-state index in [1.54, 1.807) is 49.4 Å². The Morgan fingerprint density at radius 3 is 2.19 bits per heavy atom. The monoisotopic (exact) mass is 488 g/mol. The molecule has 1 heterocycles. The van der Waals surface area contributed by atoms with E-state index in [2.05, 4.69) is 10.6 Å². The average Bonchev–Trinajstić information content (AvgIpc) is 2.86. The van der Waals surface area contributed by atoms with Gasteiger partial charge in [0.05, 0.1) is 0 Å². The zero-order valence-electron chi connectivity index (χ0n) is 19.9. The van der Waals surface area contributed by atoms with Crippen molar-refractivity contribution in [2.24, 2.45) is 0 Å². The van der Waals surface area contributed by atoms with Gasteiger partial charge >= 0.3 is 5.63 Å². The lowest BCUT2D eigenvalue weighted by Crippen LogP contribution is -2.34. The molecule has 1 aromatic heterocycles. The number of halogens is 1. The fourth-order valence-corrected chi connectivity index (χ4v) is 3.60. The SMILES string of the molecule is Cc1ccc(C(=O)NCCNC(=O)c2ccc(COc3ccc4c(C)cc(=O)oc4c3)cc2)cc1F. The zero-order chi connectivity index (χ0) is 25.7. The van der Waals surface area contributed by atoms with Crippen LogP contribution in [0.15, 0.2) is 75.9 Å². The third-order valence-electron chi connectivity index (χ3n) is 5.67. The number of rotatable bonds is 8. The Bertz CT molecular complexity index is 1480. The second kappa shape index (κ2) is 10.9. The van der Waals surface area contributed by atoms with Gasteiger partial charge in [0.2, 0.25) is 0 Å². The first-order valence-electron chi connectivity index (χ1n) is 11.4. The van der Waals surface area contributed by atoms with Gasteiger partial charge in [-0.1, -0.05) is 18.2 Å². The highest BCUT2D eigenvalue weighted by atomic mass is 19.1. The number of nitrogens with one attached hydrogen (secondary N) is 2. The predicted octanol–water partition coefficient (Wildman–Crippen LogP) is 4.29. The highest BCUT2D eigenvalue weighted by molar-refractivity contribution is 5.95. The number of benzene rings is 3. The van der Waals surface area contributed by atoms with Crippen molar-refractivity contribution >= 4 is 22.8 Å². The molecule has 0 radical (unpaired) electrons. The smallest absolute Gasteiger partial charge is 0.336 e. The Kier molecular flexibility index (Phi) is 7.44. The Labute approximate surface area is 206 Å². The molecule has 0 fully saturated rings. The molecule has 0 unspecified atom stereocenters. The van der Waals surface area contributed by atoms with Crippen LogP contribution in [0.25, 0.3) is 11.0 Å². The summed E-state index contributed by atoms with van der Waals surface area (Å²) in [5.41, 5.74) is 2.91. The maximum atomic E-state index is 13.6. The van der Waals surface area contributed by atoms with Crippen molar-refractivity contribution in [2.45, 2.75) is 20.5 Å². The van der Waals surface area contributed by atoms with Crippen LogP contribution in [0.1, 0.15) is 37.4 Å². The molecular formula is C28H25FN2O5. The Balaban J connectivity index is 1.25. The summed E-state index contributed by atoms with van der Waals surface area (Å²) in [7, 11) is 0. The number of amides is 2. The maximum absolute atomic E-state index is 13.6. The van der Waals surface area contributed by atoms with E-state index >= 15 is 0 Å². The summed E-state index contributed by atoms with van der Waals surface area (Å²) >= 11 is 0. The summed E-state index contributed by atoms with van der Waals surface area (Å²) in [6, 6.07) is 18.0. The van der Waals surface area contributed by atoms with E-state index < -0.39 is 17.3 Å². The largest absolute Gasteiger partial charge is 0.489 e. The molecule has 7 nitrogen and oxygen atoms in total. The first-order valence-corrected chi connectivity index (χ1v) is 11.4. The van der Waals surface area contributed by atoms with Crippen LogP contribution >= 0.6 is 0 Å². The topological polar surface area (TPSA) is 97.6 Å². The van der Waals surface area contributed by atoms with Crippen LogP contribution in [0.2, 0.25) is 0 Å². The molecule has 2 N–H and O–H groups in total. The van der Waals surface area contributed by atoms with E-state index in [0.29, 0.717) is 22.5 Å². The van der Waals surface area contributed by atoms with Gasteiger partial charge in [-0.25, -0.2) is 9.18 Å². The summed E-state index contributed by atoms with van der Waals surface area (Å²) in [5, 5.41) is 6.23. The second-order valence-electron chi connectivity index (χ2n) is 8.37. The fourth-order valence-electron chi connectivity index (χ4n) is 3.60. The maximum Gasteiger partial charge on any atom is 0.336 e. The number of hydrogen-bond acceptors (Lipinski definition) is 5. The van der Waals surface area contributed by atoms with Crippen molar-refractivity contribution < 1.29 is 23.1 Å². The van der Waals surface area contributed by atoms with Crippen LogP contribution in [0.5, 0.6) is 5.75 Å². The molecule has 0 aliphatic carbocycles. The number of hydrogen-bond donors (Lipinski definition) is 2. The lowest BCUT2D eigenvalue weighted by molar-refractivity contribution is 0.0927. The molecule has 0 saturated carbocycles. The van der Waals surface area contributed by atoms with Gasteiger partial charge in [0.15, 0.2) is 0 Å². The van der Waals surface area contributed by atoms with E-state index in [1.807, 2.05) is 19.1 Å². The molecule has 0 aliphatic heterocycles. The van der Waals surface area contributed by atoms with Gasteiger partial charge in [-0.2, -0.15) is 0 Å². The minimum atomic E-state index is -0.439. The van der Waals surface area contributed by atoms with Gasteiger partial charge in [-0.15, -0.1) is 0 Å². The summed E-state index contributed by atoms with van der Waals surface area (Å²) in [5.74, 6) is -0.562. The Hall–Kier alpha value is -4.46. The minimum absolute atomic E-state index is 0.206. The quantitative estimate of drug-likeness (QED) is 0.285. The second-order valence-corrected chi connectivity index (χ2v) is 8.37. The predicted molar refractivity (Wildman–Crippen MR) is 134 cm³/mol. The normalized spacial score (nSPS) is 10.8. The van der Waals surface area contributed by atoms with Crippen LogP contribution in [-0.4, -0.2) is 24.9 Å². The first-order chi connectivity index (χ1) is 17.3. The number of fused-ring (bicyclic) bond motifs is 1. The average molecular weight is 489 g/mol. The molecule has 0 atom stereocenters. The summed E-state index contributed by atoms with van der Waals surface area (Å²) in [6.07, 6.45) is 0. The fraction of sp³-hybridized carbons (Fsp3) is 0.179. The first kappa shape index (κ1) is 24.7. The lowest BCUT2D eigenvalue weighted by Gasteiger charge is -2.10. The van der Waals surface area contributed by atoms with Gasteiger partial charge in [-0.3, -0.25) is 9.59 Å². The summed E-state index contributed by atoms with van der Waals surface area (Å²) < 4.78 is 24.7. The van der Waals surface area contributed by atoms with E-state index in [0.717, 1.165) is 16.5 Å². The summed E-state index contributed by atoms with van der Waals surface area (Å²) in [6.45, 7) is 4.18. The van der Waals surface area contributed by atoms with Crippen molar-refractivity contribution in [3.8, 4) is 5.75 Å². The van der Waals surface area contributed by atoms with Crippen molar-refractivity contribution in [3.05, 3.63) is 111 Å². The molecule has 0 bridgehead atoms. The van der Waals surface area contributed by atoms with Gasteiger partial charge in [-0.05, 0) is 66.9 Å². The van der Waals surface area contributed by atoms with Gasteiger partial charge in [0, 0.05) is 41.7 Å². The lowest BCUT2D eigenvalue weighted by atomic mass is 10.1. The molecule has 2 amide bonds. The molecule has 4 aromatic rings. The molecule has 184 valence electrons. The van der Waals surface area contributed by atoms with Crippen molar-refractivity contribution in [3.63, 3.8) is 0 Å². The van der Waals surface area contributed by atoms with Crippen molar-refractivity contribution in [1.29, 1.82) is 0 Å². The number of aryl methyl sites for hydroxylation is 2. The standard InChI is InChI=1S/C28H25FN2O5/c1-17-3-6-21(14-24(17)29)28(34)31-12-11-30-27(33)20-7-4-19(5-8-20)16-35-22-9-10-23-18(2)13-26(32)36-25(23)15-22/h3-10,13-15H,11-12,16H2,1-2H3,(H,30,33)(H,31,34). The van der Waals surface area contributed by atoms with Crippen LogP contribution in [0.3, 0.4) is 0 Å². The van der Waals surface area contributed by atoms with E-state index in [1.165, 1.54) is 12.1 Å². The number of carbonyl (C=O) groups is 2. The molecule has 4 rings (SSSR count). The molecule has 3 aromatic carbocycles. The molecule has 36 heavy (non-hydrogen) atoms. The highest BCUT2D eigenvalue weighted by Crippen LogP contribution is 2.23. The highest BCUT2D eigenvalue weighted by Gasteiger charge is 2.09. The van der Waals surface area contributed by atoms with Crippen LogP contribution in [-0.2, 0) is 6.61 Å². The van der Waals surface area contributed by atoms with Crippen molar-refractivity contribution in [1.82, 2.24) is 10.6 Å². The number of carbonyl (C=O) groups excluding carboxylic acids is 2. The zero-order valence-corrected chi connectivity index (χ0v) is 19.9. The van der Waals surface area contributed by atoms with E-state index in [9.17, 15) is 18.8 Å². The van der Waals surface area contributed by atoms with Gasteiger partial charge < -0.3 is 19.8 Å². The van der Waals surface area contributed by atoms with Crippen LogP contribution in [0.4, 0.5) is 4.39 Å². The Morgan fingerprint density at radius 2 is 1.50 bits per heavy atom. The van der Waals surface area contributed by atoms with E-state index in [4.69, 9.17) is 9.15 Å². The third-order valence-corrected chi connectivity index (χ3v) is 5.67. The van der Waals surface area contributed by atoms with Gasteiger partial charge in [0.25, 0.3) is 11.8 Å².